The maximum atomic E-state index is 10.6. The molecular weight excluding hydrogens is 210 g/mol. The van der Waals surface area contributed by atoms with Gasteiger partial charge in [-0.15, -0.1) is 11.3 Å². The smallest absolute Gasteiger partial charge is 0.347 e. The van der Waals surface area contributed by atoms with E-state index in [2.05, 4.69) is 11.9 Å². The number of thiazole rings is 1. The number of hydrogen-bond donors (Lipinski definition) is 1. The van der Waals surface area contributed by atoms with E-state index in [1.54, 1.807) is 0 Å². The number of carboxylic acid groups (broad SMARTS) is 1. The maximum absolute atomic E-state index is 10.6. The number of aromatic nitrogens is 1. The van der Waals surface area contributed by atoms with Gasteiger partial charge in [0.15, 0.2) is 0 Å². The topological polar surface area (TPSA) is 50.2 Å². The molecule has 0 saturated carbocycles. The molecule has 0 saturated heterocycles. The van der Waals surface area contributed by atoms with Gasteiger partial charge in [-0.3, -0.25) is 0 Å². The SMILES string of the molecule is CCCCCCCc1ncc(C(=O)O)s1. The van der Waals surface area contributed by atoms with E-state index in [1.165, 1.54) is 43.2 Å². The fourth-order valence-electron chi connectivity index (χ4n) is 1.40. The minimum atomic E-state index is -0.871. The van der Waals surface area contributed by atoms with Crippen molar-refractivity contribution in [3.8, 4) is 0 Å². The van der Waals surface area contributed by atoms with Crippen LogP contribution in [0.25, 0.3) is 0 Å². The van der Waals surface area contributed by atoms with Crippen LogP contribution in [0.3, 0.4) is 0 Å². The van der Waals surface area contributed by atoms with Crippen molar-refractivity contribution < 1.29 is 9.90 Å². The first-order chi connectivity index (χ1) is 7.24. The highest BCUT2D eigenvalue weighted by Gasteiger charge is 2.07. The van der Waals surface area contributed by atoms with Crippen molar-refractivity contribution in [3.63, 3.8) is 0 Å². The number of hydrogen-bond acceptors (Lipinski definition) is 3. The Morgan fingerprint density at radius 2 is 2.13 bits per heavy atom. The van der Waals surface area contributed by atoms with Gasteiger partial charge in [0.05, 0.1) is 11.2 Å². The molecular formula is C11H17NO2S. The second-order valence-corrected chi connectivity index (χ2v) is 4.70. The Balaban J connectivity index is 2.23. The Kier molecular flexibility index (Phi) is 5.32. The number of aryl methyl sites for hydroxylation is 1. The normalized spacial score (nSPS) is 10.5. The molecule has 0 spiro atoms. The lowest BCUT2D eigenvalue weighted by molar-refractivity contribution is 0.0702. The number of unbranched alkanes of at least 4 members (excludes halogenated alkanes) is 4. The highest BCUT2D eigenvalue weighted by atomic mass is 32.1. The summed E-state index contributed by atoms with van der Waals surface area (Å²) in [4.78, 5) is 15.0. The molecule has 15 heavy (non-hydrogen) atoms. The van der Waals surface area contributed by atoms with Crippen molar-refractivity contribution in [2.24, 2.45) is 0 Å². The monoisotopic (exact) mass is 227 g/mol. The van der Waals surface area contributed by atoms with E-state index in [0.29, 0.717) is 4.88 Å². The van der Waals surface area contributed by atoms with E-state index in [4.69, 9.17) is 5.11 Å². The van der Waals surface area contributed by atoms with Gasteiger partial charge in [0.1, 0.15) is 4.88 Å². The van der Waals surface area contributed by atoms with Gasteiger partial charge in [-0.2, -0.15) is 0 Å². The third kappa shape index (κ3) is 4.42. The standard InChI is InChI=1S/C11H17NO2S/c1-2-3-4-5-6-7-10-12-8-9(15-10)11(13)14/h8H,2-7H2,1H3,(H,13,14). The summed E-state index contributed by atoms with van der Waals surface area (Å²) in [5.74, 6) is -0.871. The van der Waals surface area contributed by atoms with Gasteiger partial charge < -0.3 is 5.11 Å². The van der Waals surface area contributed by atoms with Crippen LogP contribution in [0, 0.1) is 0 Å². The molecule has 1 heterocycles. The van der Waals surface area contributed by atoms with E-state index in [9.17, 15) is 4.79 Å². The van der Waals surface area contributed by atoms with Crippen LogP contribution in [0.15, 0.2) is 6.20 Å². The first-order valence-corrected chi connectivity index (χ1v) is 6.23. The lowest BCUT2D eigenvalue weighted by Crippen LogP contribution is -1.89. The summed E-state index contributed by atoms with van der Waals surface area (Å²) >= 11 is 1.29. The first-order valence-electron chi connectivity index (χ1n) is 5.42. The largest absolute Gasteiger partial charge is 0.477 e. The Labute approximate surface area is 94.2 Å². The number of carboxylic acids is 1. The number of rotatable bonds is 7. The zero-order valence-corrected chi connectivity index (χ0v) is 9.85. The molecule has 4 heteroatoms. The fraction of sp³-hybridized carbons (Fsp3) is 0.636. The van der Waals surface area contributed by atoms with Crippen molar-refractivity contribution in [2.75, 3.05) is 0 Å². The van der Waals surface area contributed by atoms with Gasteiger partial charge in [0.25, 0.3) is 0 Å². The quantitative estimate of drug-likeness (QED) is 0.727. The summed E-state index contributed by atoms with van der Waals surface area (Å²) in [6, 6.07) is 0. The third-order valence-electron chi connectivity index (χ3n) is 2.26. The molecule has 0 atom stereocenters. The Morgan fingerprint density at radius 1 is 1.40 bits per heavy atom. The molecule has 0 aliphatic heterocycles. The minimum absolute atomic E-state index is 0.346. The highest BCUT2D eigenvalue weighted by molar-refractivity contribution is 7.13. The molecule has 0 radical (unpaired) electrons. The summed E-state index contributed by atoms with van der Waals surface area (Å²) in [5.41, 5.74) is 0. The van der Waals surface area contributed by atoms with Crippen molar-refractivity contribution in [1.29, 1.82) is 0 Å². The molecule has 3 nitrogen and oxygen atoms in total. The van der Waals surface area contributed by atoms with Crippen molar-refractivity contribution in [1.82, 2.24) is 4.98 Å². The van der Waals surface area contributed by atoms with Gasteiger partial charge >= 0.3 is 5.97 Å². The number of aromatic carboxylic acids is 1. The number of carbonyl (C=O) groups is 1. The Hall–Kier alpha value is -0.900. The van der Waals surface area contributed by atoms with Crippen LogP contribution in [0.5, 0.6) is 0 Å². The molecule has 1 rings (SSSR count). The van der Waals surface area contributed by atoms with Gasteiger partial charge in [-0.1, -0.05) is 32.6 Å². The molecule has 0 aliphatic carbocycles. The molecule has 0 fully saturated rings. The average Bonchev–Trinajstić information content (AvgIpc) is 2.66. The average molecular weight is 227 g/mol. The molecule has 0 aliphatic rings. The molecule has 0 amide bonds. The molecule has 0 bridgehead atoms. The Morgan fingerprint density at radius 3 is 2.73 bits per heavy atom. The molecule has 0 aromatic carbocycles. The second-order valence-electron chi connectivity index (χ2n) is 3.59. The minimum Gasteiger partial charge on any atom is -0.477 e. The summed E-state index contributed by atoms with van der Waals surface area (Å²) in [6.07, 6.45) is 8.52. The Bertz CT molecular complexity index is 309. The van der Waals surface area contributed by atoms with E-state index in [0.717, 1.165) is 17.8 Å². The maximum Gasteiger partial charge on any atom is 0.347 e. The summed E-state index contributed by atoms with van der Waals surface area (Å²) in [6.45, 7) is 2.19. The van der Waals surface area contributed by atoms with E-state index in [1.807, 2.05) is 0 Å². The third-order valence-corrected chi connectivity index (χ3v) is 3.30. The fourth-order valence-corrected chi connectivity index (χ4v) is 2.20. The predicted octanol–water partition coefficient (Wildman–Crippen LogP) is 3.35. The zero-order valence-electron chi connectivity index (χ0n) is 9.03. The lowest BCUT2D eigenvalue weighted by atomic mass is 10.1. The van der Waals surface area contributed by atoms with E-state index >= 15 is 0 Å². The van der Waals surface area contributed by atoms with Gasteiger partial charge in [0.2, 0.25) is 0 Å². The zero-order chi connectivity index (χ0) is 11.1. The van der Waals surface area contributed by atoms with Crippen LogP contribution in [-0.2, 0) is 6.42 Å². The van der Waals surface area contributed by atoms with Crippen LogP contribution in [0.4, 0.5) is 0 Å². The van der Waals surface area contributed by atoms with Crippen molar-refractivity contribution >= 4 is 17.3 Å². The summed E-state index contributed by atoms with van der Waals surface area (Å²) < 4.78 is 0. The summed E-state index contributed by atoms with van der Waals surface area (Å²) in [5, 5.41) is 9.66. The van der Waals surface area contributed by atoms with Gasteiger partial charge in [-0.05, 0) is 12.8 Å². The highest BCUT2D eigenvalue weighted by Crippen LogP contribution is 2.15. The van der Waals surface area contributed by atoms with E-state index < -0.39 is 5.97 Å². The van der Waals surface area contributed by atoms with Gasteiger partial charge in [0, 0.05) is 0 Å². The first kappa shape index (κ1) is 12.2. The van der Waals surface area contributed by atoms with Gasteiger partial charge in [-0.25, -0.2) is 9.78 Å². The van der Waals surface area contributed by atoms with E-state index in [-0.39, 0.29) is 0 Å². The van der Waals surface area contributed by atoms with Crippen molar-refractivity contribution in [3.05, 3.63) is 16.1 Å². The van der Waals surface area contributed by atoms with Crippen LogP contribution in [-0.4, -0.2) is 16.1 Å². The van der Waals surface area contributed by atoms with Crippen LogP contribution < -0.4 is 0 Å². The molecule has 0 unspecified atom stereocenters. The second kappa shape index (κ2) is 6.56. The van der Waals surface area contributed by atoms with Crippen LogP contribution >= 0.6 is 11.3 Å². The molecule has 1 aromatic heterocycles. The predicted molar refractivity (Wildman–Crippen MR) is 61.5 cm³/mol. The molecule has 1 aromatic rings. The lowest BCUT2D eigenvalue weighted by Gasteiger charge is -1.96. The van der Waals surface area contributed by atoms with Crippen molar-refractivity contribution in [2.45, 2.75) is 45.4 Å². The number of nitrogens with zero attached hydrogens (tertiary/aromatic N) is 1. The molecule has 1 N–H and O–H groups in total. The molecule has 84 valence electrons. The summed E-state index contributed by atoms with van der Waals surface area (Å²) in [7, 11) is 0. The van der Waals surface area contributed by atoms with Crippen LogP contribution in [0.1, 0.15) is 53.7 Å². The van der Waals surface area contributed by atoms with Crippen LogP contribution in [0.2, 0.25) is 0 Å².